The van der Waals surface area contributed by atoms with Crippen molar-refractivity contribution in [1.82, 2.24) is 9.80 Å². The van der Waals surface area contributed by atoms with Gasteiger partial charge in [-0.3, -0.25) is 4.90 Å². The van der Waals surface area contributed by atoms with Crippen LogP contribution in [-0.2, 0) is 11.3 Å². The fraction of sp³-hybridized carbons (Fsp3) is 0.409. The van der Waals surface area contributed by atoms with Crippen molar-refractivity contribution >= 4 is 17.8 Å². The SMILES string of the molecule is CCOc1ccc(C2SC[C@H]3C(OCC)N(Cc4ccccc4)C(=O)N23)cc1. The molecule has 2 saturated heterocycles. The molecule has 0 bridgehead atoms. The number of benzene rings is 2. The Morgan fingerprint density at radius 3 is 2.46 bits per heavy atom. The molecule has 6 heteroatoms. The van der Waals surface area contributed by atoms with Crippen LogP contribution in [0, 0.1) is 0 Å². The molecule has 5 nitrogen and oxygen atoms in total. The predicted octanol–water partition coefficient (Wildman–Crippen LogP) is 4.50. The van der Waals surface area contributed by atoms with Gasteiger partial charge in [-0.05, 0) is 37.1 Å². The second-order valence-corrected chi connectivity index (χ2v) is 8.02. The van der Waals surface area contributed by atoms with Crippen molar-refractivity contribution in [3.05, 3.63) is 65.7 Å². The molecular formula is C22H26N2O3S. The van der Waals surface area contributed by atoms with E-state index in [0.29, 0.717) is 19.8 Å². The largest absolute Gasteiger partial charge is 0.494 e. The number of carbonyl (C=O) groups excluding carboxylic acids is 1. The summed E-state index contributed by atoms with van der Waals surface area (Å²) in [5.41, 5.74) is 2.24. The van der Waals surface area contributed by atoms with Gasteiger partial charge in [0.1, 0.15) is 11.1 Å². The first-order valence-electron chi connectivity index (χ1n) is 9.81. The third kappa shape index (κ3) is 3.59. The van der Waals surface area contributed by atoms with Crippen molar-refractivity contribution in [2.75, 3.05) is 19.0 Å². The first-order chi connectivity index (χ1) is 13.7. The number of fused-ring (bicyclic) bond motifs is 1. The maximum atomic E-state index is 13.4. The molecule has 0 radical (unpaired) electrons. The lowest BCUT2D eigenvalue weighted by molar-refractivity contribution is -0.0314. The normalized spacial score (nSPS) is 23.9. The molecule has 0 aliphatic carbocycles. The standard InChI is InChI=1S/C22H26N2O3S/c1-3-26-18-12-10-17(11-13-18)21-24-19(15-28-21)20(27-4-2)23(22(24)25)14-16-8-6-5-7-9-16/h5-13,19-21H,3-4,14-15H2,1-2H3/t19-,20?,21?/m0/s1. The van der Waals surface area contributed by atoms with Crippen molar-refractivity contribution in [1.29, 1.82) is 0 Å². The van der Waals surface area contributed by atoms with Crippen LogP contribution in [0.25, 0.3) is 0 Å². The van der Waals surface area contributed by atoms with E-state index in [0.717, 1.165) is 22.6 Å². The summed E-state index contributed by atoms with van der Waals surface area (Å²) in [6.45, 7) is 5.77. The Morgan fingerprint density at radius 1 is 1.04 bits per heavy atom. The highest BCUT2D eigenvalue weighted by atomic mass is 32.2. The first-order valence-corrected chi connectivity index (χ1v) is 10.9. The second-order valence-electron chi connectivity index (χ2n) is 6.90. The van der Waals surface area contributed by atoms with E-state index < -0.39 is 0 Å². The molecule has 4 rings (SSSR count). The molecule has 2 heterocycles. The number of carbonyl (C=O) groups is 1. The van der Waals surface area contributed by atoms with E-state index in [1.54, 1.807) is 11.8 Å². The molecule has 2 amide bonds. The highest BCUT2D eigenvalue weighted by Gasteiger charge is 2.53. The molecule has 2 fully saturated rings. The Balaban J connectivity index is 1.57. The van der Waals surface area contributed by atoms with Crippen LogP contribution in [0.15, 0.2) is 54.6 Å². The van der Waals surface area contributed by atoms with Crippen LogP contribution in [0.1, 0.15) is 30.3 Å². The number of amides is 2. The number of rotatable bonds is 7. The minimum absolute atomic E-state index is 0.0110. The van der Waals surface area contributed by atoms with Crippen LogP contribution in [-0.4, -0.2) is 47.1 Å². The van der Waals surface area contributed by atoms with E-state index >= 15 is 0 Å². The maximum absolute atomic E-state index is 13.4. The van der Waals surface area contributed by atoms with E-state index in [-0.39, 0.29) is 23.7 Å². The average molecular weight is 399 g/mol. The van der Waals surface area contributed by atoms with E-state index in [4.69, 9.17) is 9.47 Å². The fourth-order valence-electron chi connectivity index (χ4n) is 3.91. The lowest BCUT2D eigenvalue weighted by atomic mass is 10.2. The summed E-state index contributed by atoms with van der Waals surface area (Å²) in [6, 6.07) is 18.3. The molecule has 2 unspecified atom stereocenters. The van der Waals surface area contributed by atoms with Crippen molar-refractivity contribution in [3.63, 3.8) is 0 Å². The number of hydrogen-bond acceptors (Lipinski definition) is 4. The van der Waals surface area contributed by atoms with Crippen LogP contribution in [0.4, 0.5) is 4.79 Å². The van der Waals surface area contributed by atoms with E-state index in [9.17, 15) is 4.79 Å². The molecule has 28 heavy (non-hydrogen) atoms. The number of nitrogens with zero attached hydrogens (tertiary/aromatic N) is 2. The van der Waals surface area contributed by atoms with Crippen LogP contribution >= 0.6 is 11.8 Å². The molecule has 3 atom stereocenters. The van der Waals surface area contributed by atoms with Crippen LogP contribution < -0.4 is 4.74 Å². The van der Waals surface area contributed by atoms with Gasteiger partial charge in [-0.1, -0.05) is 42.5 Å². The monoisotopic (exact) mass is 398 g/mol. The van der Waals surface area contributed by atoms with Gasteiger partial charge in [0.15, 0.2) is 6.23 Å². The third-order valence-corrected chi connectivity index (χ3v) is 6.50. The topological polar surface area (TPSA) is 42.0 Å². The lowest BCUT2D eigenvalue weighted by Gasteiger charge is -2.25. The molecule has 0 spiro atoms. The van der Waals surface area contributed by atoms with Crippen LogP contribution in [0.5, 0.6) is 5.75 Å². The summed E-state index contributed by atoms with van der Waals surface area (Å²) in [6.07, 6.45) is -0.210. The van der Waals surface area contributed by atoms with E-state index in [1.165, 1.54) is 0 Å². The average Bonchev–Trinajstić information content (AvgIpc) is 3.26. The Bertz CT molecular complexity index is 799. The number of thioether (sulfide) groups is 1. The zero-order chi connectivity index (χ0) is 19.5. The predicted molar refractivity (Wildman–Crippen MR) is 111 cm³/mol. The van der Waals surface area contributed by atoms with Crippen molar-refractivity contribution in [3.8, 4) is 5.75 Å². The molecule has 0 aromatic heterocycles. The van der Waals surface area contributed by atoms with Gasteiger partial charge in [0.2, 0.25) is 0 Å². The van der Waals surface area contributed by atoms with Crippen LogP contribution in [0.3, 0.4) is 0 Å². The summed E-state index contributed by atoms with van der Waals surface area (Å²) >= 11 is 1.81. The maximum Gasteiger partial charge on any atom is 0.324 e. The zero-order valence-electron chi connectivity index (χ0n) is 16.3. The molecule has 2 aromatic carbocycles. The van der Waals surface area contributed by atoms with Gasteiger partial charge in [-0.25, -0.2) is 4.79 Å². The van der Waals surface area contributed by atoms with Gasteiger partial charge in [-0.2, -0.15) is 0 Å². The number of urea groups is 1. The van der Waals surface area contributed by atoms with Crippen molar-refractivity contribution in [2.24, 2.45) is 0 Å². The Kier molecular flexibility index (Phi) is 5.78. The summed E-state index contributed by atoms with van der Waals surface area (Å²) in [4.78, 5) is 17.2. The van der Waals surface area contributed by atoms with Crippen molar-refractivity contribution in [2.45, 2.75) is 38.0 Å². The first kappa shape index (κ1) is 19.2. The van der Waals surface area contributed by atoms with Gasteiger partial charge < -0.3 is 14.4 Å². The molecule has 0 N–H and O–H groups in total. The Hall–Kier alpha value is -2.18. The summed E-state index contributed by atoms with van der Waals surface area (Å²) in [5.74, 6) is 1.73. The quantitative estimate of drug-likeness (QED) is 0.689. The highest BCUT2D eigenvalue weighted by molar-refractivity contribution is 7.99. The Morgan fingerprint density at radius 2 is 1.79 bits per heavy atom. The minimum atomic E-state index is -0.210. The molecule has 148 valence electrons. The van der Waals surface area contributed by atoms with Gasteiger partial charge in [-0.15, -0.1) is 11.8 Å². The summed E-state index contributed by atoms with van der Waals surface area (Å²) in [5, 5.41) is 0.0110. The van der Waals surface area contributed by atoms with E-state index in [1.807, 2.05) is 54.0 Å². The molecule has 2 aliphatic rings. The highest BCUT2D eigenvalue weighted by Crippen LogP contribution is 2.47. The fourth-order valence-corrected chi connectivity index (χ4v) is 5.37. The molecular weight excluding hydrogens is 372 g/mol. The second kappa shape index (κ2) is 8.45. The van der Waals surface area contributed by atoms with Gasteiger partial charge >= 0.3 is 6.03 Å². The van der Waals surface area contributed by atoms with Gasteiger partial charge in [0.05, 0.1) is 19.2 Å². The lowest BCUT2D eigenvalue weighted by Crippen LogP contribution is -2.39. The van der Waals surface area contributed by atoms with Crippen molar-refractivity contribution < 1.29 is 14.3 Å². The summed E-state index contributed by atoms with van der Waals surface area (Å²) < 4.78 is 11.6. The minimum Gasteiger partial charge on any atom is -0.494 e. The molecule has 2 aliphatic heterocycles. The number of ether oxygens (including phenoxy) is 2. The van der Waals surface area contributed by atoms with Crippen LogP contribution in [0.2, 0.25) is 0 Å². The van der Waals surface area contributed by atoms with Gasteiger partial charge in [0, 0.05) is 12.4 Å². The number of hydrogen-bond donors (Lipinski definition) is 0. The summed E-state index contributed by atoms with van der Waals surface area (Å²) in [7, 11) is 0. The van der Waals surface area contributed by atoms with Gasteiger partial charge in [0.25, 0.3) is 0 Å². The Labute approximate surface area is 170 Å². The molecule has 2 aromatic rings. The van der Waals surface area contributed by atoms with E-state index in [2.05, 4.69) is 24.3 Å². The smallest absolute Gasteiger partial charge is 0.324 e. The third-order valence-electron chi connectivity index (χ3n) is 5.15. The molecule has 0 saturated carbocycles. The zero-order valence-corrected chi connectivity index (χ0v) is 17.1.